The number of urea groups is 1. The van der Waals surface area contributed by atoms with Gasteiger partial charge in [-0.2, -0.15) is 13.2 Å². The number of hydrogen-bond donors (Lipinski definition) is 1. The van der Waals surface area contributed by atoms with Crippen LogP contribution in [0.2, 0.25) is 0 Å². The van der Waals surface area contributed by atoms with Gasteiger partial charge in [0.1, 0.15) is 0 Å². The van der Waals surface area contributed by atoms with E-state index in [2.05, 4.69) is 15.2 Å². The van der Waals surface area contributed by atoms with Gasteiger partial charge in [0.05, 0.1) is 16.9 Å². The van der Waals surface area contributed by atoms with Crippen LogP contribution in [0.4, 0.5) is 29.3 Å². The van der Waals surface area contributed by atoms with E-state index in [1.54, 1.807) is 17.3 Å². The van der Waals surface area contributed by atoms with Gasteiger partial charge in [0, 0.05) is 58.2 Å². The number of benzene rings is 1. The van der Waals surface area contributed by atoms with Crippen LogP contribution in [0.5, 0.6) is 0 Å². The molecule has 1 N–H and O–H groups in total. The fourth-order valence-electron chi connectivity index (χ4n) is 4.10. The minimum absolute atomic E-state index is 0.223. The number of nitrogens with one attached hydrogen (secondary N) is 1. The molecule has 0 saturated carbocycles. The minimum Gasteiger partial charge on any atom is -0.370 e. The highest BCUT2D eigenvalue weighted by molar-refractivity contribution is 5.93. The maximum atomic E-state index is 13.2. The maximum Gasteiger partial charge on any atom is 0.416 e. The molecule has 0 atom stereocenters. The summed E-state index contributed by atoms with van der Waals surface area (Å²) in [4.78, 5) is 22.8. The molecule has 6 nitrogen and oxygen atoms in total. The Morgan fingerprint density at radius 1 is 0.968 bits per heavy atom. The Labute approximate surface area is 179 Å². The van der Waals surface area contributed by atoms with E-state index in [1.807, 2.05) is 17.0 Å². The second-order valence-corrected chi connectivity index (χ2v) is 7.97. The third kappa shape index (κ3) is 5.28. The van der Waals surface area contributed by atoms with Crippen molar-refractivity contribution in [2.45, 2.75) is 25.6 Å². The highest BCUT2D eigenvalue weighted by Gasteiger charge is 2.32. The van der Waals surface area contributed by atoms with E-state index in [4.69, 9.17) is 0 Å². The minimum atomic E-state index is -4.46. The van der Waals surface area contributed by atoms with Gasteiger partial charge in [0.25, 0.3) is 0 Å². The number of amides is 2. The average Bonchev–Trinajstić information content (AvgIpc) is 3.29. The zero-order chi connectivity index (χ0) is 21.8. The molecule has 2 saturated heterocycles. The summed E-state index contributed by atoms with van der Waals surface area (Å²) >= 11 is 0. The Hall–Kier alpha value is -2.81. The molecule has 1 aromatic carbocycles. The highest BCUT2D eigenvalue weighted by atomic mass is 19.4. The number of alkyl halides is 3. The number of aromatic nitrogens is 1. The lowest BCUT2D eigenvalue weighted by Crippen LogP contribution is -2.49. The number of piperazine rings is 1. The third-order valence-corrected chi connectivity index (χ3v) is 5.83. The molecule has 0 unspecified atom stereocenters. The fraction of sp³-hybridized carbons (Fsp3) is 0.455. The SMILES string of the molecule is O=C(Nc1cc(C(F)(F)F)ccc1N1CCCC1)N1CCN(Cc2ccncc2)CC1. The summed E-state index contributed by atoms with van der Waals surface area (Å²) in [5.74, 6) is 0. The van der Waals surface area contributed by atoms with Crippen molar-refractivity contribution in [1.29, 1.82) is 0 Å². The lowest BCUT2D eigenvalue weighted by Gasteiger charge is -2.35. The molecule has 2 amide bonds. The Morgan fingerprint density at radius 3 is 2.29 bits per heavy atom. The Balaban J connectivity index is 1.42. The number of carbonyl (C=O) groups is 1. The van der Waals surface area contributed by atoms with Gasteiger partial charge in [-0.25, -0.2) is 4.79 Å². The van der Waals surface area contributed by atoms with Crippen molar-refractivity contribution in [3.8, 4) is 0 Å². The number of carbonyl (C=O) groups excluding carboxylic acids is 1. The molecular weight excluding hydrogens is 407 g/mol. The van der Waals surface area contributed by atoms with Gasteiger partial charge in [-0.3, -0.25) is 9.88 Å². The summed E-state index contributed by atoms with van der Waals surface area (Å²) in [5, 5.41) is 2.75. The third-order valence-electron chi connectivity index (χ3n) is 5.83. The Bertz CT molecular complexity index is 892. The highest BCUT2D eigenvalue weighted by Crippen LogP contribution is 2.36. The van der Waals surface area contributed by atoms with Crippen molar-refractivity contribution >= 4 is 17.4 Å². The molecule has 0 aliphatic carbocycles. The van der Waals surface area contributed by atoms with Crippen molar-refractivity contribution in [3.05, 3.63) is 53.9 Å². The number of pyridine rings is 1. The summed E-state index contributed by atoms with van der Waals surface area (Å²) in [6, 6.07) is 7.17. The predicted molar refractivity (Wildman–Crippen MR) is 113 cm³/mol. The van der Waals surface area contributed by atoms with Crippen LogP contribution in [-0.4, -0.2) is 60.1 Å². The van der Waals surface area contributed by atoms with Gasteiger partial charge in [0.2, 0.25) is 0 Å². The summed E-state index contributed by atoms with van der Waals surface area (Å²) in [5.41, 5.74) is 1.27. The lowest BCUT2D eigenvalue weighted by atomic mass is 10.1. The van der Waals surface area contributed by atoms with E-state index >= 15 is 0 Å². The standard InChI is InChI=1S/C22H26F3N5O/c23-22(24,25)18-3-4-20(29-9-1-2-10-29)19(15-18)27-21(31)30-13-11-28(12-14-30)16-17-5-7-26-8-6-17/h3-8,15H,1-2,9-14,16H2,(H,27,31). The molecule has 2 aliphatic heterocycles. The Morgan fingerprint density at radius 2 is 1.65 bits per heavy atom. The van der Waals surface area contributed by atoms with E-state index < -0.39 is 11.7 Å². The van der Waals surface area contributed by atoms with E-state index in [1.165, 1.54) is 6.07 Å². The van der Waals surface area contributed by atoms with E-state index in [9.17, 15) is 18.0 Å². The van der Waals surface area contributed by atoms with Crippen molar-refractivity contribution in [2.75, 3.05) is 49.5 Å². The van der Waals surface area contributed by atoms with Crippen LogP contribution in [0, 0.1) is 0 Å². The van der Waals surface area contributed by atoms with Gasteiger partial charge in [-0.1, -0.05) is 0 Å². The second kappa shape index (κ2) is 9.13. The van der Waals surface area contributed by atoms with Gasteiger partial charge >= 0.3 is 12.2 Å². The molecule has 0 bridgehead atoms. The first-order valence-electron chi connectivity index (χ1n) is 10.5. The number of rotatable bonds is 4. The zero-order valence-electron chi connectivity index (χ0n) is 17.2. The second-order valence-electron chi connectivity index (χ2n) is 7.97. The average molecular weight is 433 g/mol. The van der Waals surface area contributed by atoms with Crippen molar-refractivity contribution in [3.63, 3.8) is 0 Å². The fourth-order valence-corrected chi connectivity index (χ4v) is 4.10. The quantitative estimate of drug-likeness (QED) is 0.791. The molecule has 4 rings (SSSR count). The normalized spacial score (nSPS) is 17.8. The molecule has 9 heteroatoms. The molecular formula is C22H26F3N5O. The molecule has 166 valence electrons. The number of halogens is 3. The molecule has 0 spiro atoms. The van der Waals surface area contributed by atoms with Crippen LogP contribution in [0.25, 0.3) is 0 Å². The Kier molecular flexibility index (Phi) is 6.31. The monoisotopic (exact) mass is 433 g/mol. The molecule has 2 aliphatic rings. The first-order valence-corrected chi connectivity index (χ1v) is 10.5. The van der Waals surface area contributed by atoms with Gasteiger partial charge in [0.15, 0.2) is 0 Å². The summed E-state index contributed by atoms with van der Waals surface area (Å²) in [6.45, 7) is 4.80. The van der Waals surface area contributed by atoms with Crippen LogP contribution in [-0.2, 0) is 12.7 Å². The summed E-state index contributed by atoms with van der Waals surface area (Å²) < 4.78 is 39.7. The predicted octanol–water partition coefficient (Wildman–Crippen LogP) is 4.05. The van der Waals surface area contributed by atoms with Gasteiger partial charge < -0.3 is 15.1 Å². The van der Waals surface area contributed by atoms with Gasteiger partial charge in [-0.05, 0) is 48.7 Å². The smallest absolute Gasteiger partial charge is 0.370 e. The van der Waals surface area contributed by atoms with Crippen LogP contribution >= 0.6 is 0 Å². The zero-order valence-corrected chi connectivity index (χ0v) is 17.2. The molecule has 2 fully saturated rings. The first kappa shape index (κ1) is 21.4. The molecule has 31 heavy (non-hydrogen) atoms. The van der Waals surface area contributed by atoms with Crippen LogP contribution in [0.15, 0.2) is 42.7 Å². The van der Waals surface area contributed by atoms with E-state index in [0.717, 1.165) is 50.2 Å². The number of nitrogens with zero attached hydrogens (tertiary/aromatic N) is 4. The van der Waals surface area contributed by atoms with Gasteiger partial charge in [-0.15, -0.1) is 0 Å². The topological polar surface area (TPSA) is 51.7 Å². The summed E-state index contributed by atoms with van der Waals surface area (Å²) in [6.07, 6.45) is 1.04. The molecule has 1 aromatic heterocycles. The van der Waals surface area contributed by atoms with Crippen LogP contribution in [0.3, 0.4) is 0 Å². The number of hydrogen-bond acceptors (Lipinski definition) is 4. The van der Waals surface area contributed by atoms with E-state index in [0.29, 0.717) is 31.9 Å². The van der Waals surface area contributed by atoms with Crippen molar-refractivity contribution in [1.82, 2.24) is 14.8 Å². The van der Waals surface area contributed by atoms with Crippen LogP contribution < -0.4 is 10.2 Å². The van der Waals surface area contributed by atoms with Crippen molar-refractivity contribution < 1.29 is 18.0 Å². The molecule has 3 heterocycles. The molecule has 0 radical (unpaired) electrons. The summed E-state index contributed by atoms with van der Waals surface area (Å²) in [7, 11) is 0. The van der Waals surface area contributed by atoms with Crippen molar-refractivity contribution in [2.24, 2.45) is 0 Å². The molecule has 2 aromatic rings. The van der Waals surface area contributed by atoms with Crippen LogP contribution in [0.1, 0.15) is 24.0 Å². The largest absolute Gasteiger partial charge is 0.416 e. The van der Waals surface area contributed by atoms with E-state index in [-0.39, 0.29) is 11.7 Å². The first-order chi connectivity index (χ1) is 14.9. The lowest BCUT2D eigenvalue weighted by molar-refractivity contribution is -0.137. The maximum absolute atomic E-state index is 13.2. The number of anilines is 2.